The zero-order valence-electron chi connectivity index (χ0n) is 10.7. The van der Waals surface area contributed by atoms with E-state index in [0.29, 0.717) is 18.8 Å². The van der Waals surface area contributed by atoms with Gasteiger partial charge in [0.25, 0.3) is 5.91 Å². The van der Waals surface area contributed by atoms with Crippen molar-refractivity contribution in [3.8, 4) is 5.69 Å². The highest BCUT2D eigenvalue weighted by Gasteiger charge is 2.26. The Bertz CT molecular complexity index is 624. The van der Waals surface area contributed by atoms with Gasteiger partial charge < -0.3 is 10.6 Å². The third-order valence-electron chi connectivity index (χ3n) is 3.32. The Labute approximate surface area is 124 Å². The number of nitrogens with two attached hydrogens (primary N) is 1. The van der Waals surface area contributed by atoms with Gasteiger partial charge in [-0.2, -0.15) is 0 Å². The number of nitrogens with zero attached hydrogens (tertiary/aromatic N) is 4. The van der Waals surface area contributed by atoms with Gasteiger partial charge in [0.15, 0.2) is 5.69 Å². The molecule has 2 N–H and O–H groups in total. The lowest BCUT2D eigenvalue weighted by Gasteiger charge is -2.13. The quantitative estimate of drug-likeness (QED) is 0.894. The summed E-state index contributed by atoms with van der Waals surface area (Å²) in [5.41, 5.74) is 7.02. The summed E-state index contributed by atoms with van der Waals surface area (Å²) >= 11 is 3.38. The average molecular weight is 336 g/mol. The molecule has 0 aliphatic carbocycles. The number of hydrogen-bond donors (Lipinski definition) is 1. The molecular formula is C13H14BrN5O. The maximum absolute atomic E-state index is 12.2. The van der Waals surface area contributed by atoms with E-state index < -0.39 is 0 Å². The Morgan fingerprint density at radius 2 is 2.10 bits per heavy atom. The second kappa shape index (κ2) is 5.34. The summed E-state index contributed by atoms with van der Waals surface area (Å²) < 4.78 is 2.58. The normalized spacial score (nSPS) is 18.5. The lowest BCUT2D eigenvalue weighted by Crippen LogP contribution is -2.32. The van der Waals surface area contributed by atoms with Gasteiger partial charge in [0.1, 0.15) is 0 Å². The molecule has 20 heavy (non-hydrogen) atoms. The minimum absolute atomic E-state index is 0.0699. The zero-order chi connectivity index (χ0) is 14.1. The molecule has 1 unspecified atom stereocenters. The van der Waals surface area contributed by atoms with Gasteiger partial charge in [0, 0.05) is 23.6 Å². The molecule has 7 heteroatoms. The number of rotatable bonds is 2. The van der Waals surface area contributed by atoms with E-state index in [9.17, 15) is 4.79 Å². The topological polar surface area (TPSA) is 77.0 Å². The summed E-state index contributed by atoms with van der Waals surface area (Å²) in [6.07, 6.45) is 2.49. The van der Waals surface area contributed by atoms with Crippen LogP contribution in [-0.4, -0.2) is 44.9 Å². The van der Waals surface area contributed by atoms with E-state index in [1.165, 1.54) is 0 Å². The Kier molecular flexibility index (Phi) is 3.54. The third-order valence-corrected chi connectivity index (χ3v) is 3.84. The van der Waals surface area contributed by atoms with Gasteiger partial charge in [0.05, 0.1) is 11.9 Å². The van der Waals surface area contributed by atoms with Gasteiger partial charge in [-0.05, 0) is 30.7 Å². The average Bonchev–Trinajstić information content (AvgIpc) is 3.08. The van der Waals surface area contributed by atoms with Gasteiger partial charge in [0.2, 0.25) is 0 Å². The molecule has 0 saturated carbocycles. The molecule has 1 aromatic carbocycles. The summed E-state index contributed by atoms with van der Waals surface area (Å²) in [6.45, 7) is 1.27. The van der Waals surface area contributed by atoms with E-state index >= 15 is 0 Å². The van der Waals surface area contributed by atoms with Gasteiger partial charge in [-0.25, -0.2) is 4.68 Å². The van der Waals surface area contributed by atoms with Crippen molar-refractivity contribution in [2.24, 2.45) is 5.73 Å². The minimum Gasteiger partial charge on any atom is -0.336 e. The maximum Gasteiger partial charge on any atom is 0.276 e. The molecule has 3 rings (SSSR count). The first kappa shape index (κ1) is 13.3. The van der Waals surface area contributed by atoms with Crippen molar-refractivity contribution in [2.45, 2.75) is 12.5 Å². The fraction of sp³-hybridized carbons (Fsp3) is 0.308. The van der Waals surface area contributed by atoms with E-state index in [4.69, 9.17) is 5.73 Å². The number of halogens is 1. The van der Waals surface area contributed by atoms with Gasteiger partial charge in [-0.15, -0.1) is 5.10 Å². The minimum atomic E-state index is -0.110. The number of benzene rings is 1. The second-order valence-corrected chi connectivity index (χ2v) is 5.74. The van der Waals surface area contributed by atoms with Gasteiger partial charge in [-0.1, -0.05) is 21.1 Å². The van der Waals surface area contributed by atoms with Crippen LogP contribution in [0.1, 0.15) is 16.9 Å². The summed E-state index contributed by atoms with van der Waals surface area (Å²) in [5, 5.41) is 7.95. The number of likely N-dealkylation sites (tertiary alicyclic amines) is 1. The lowest BCUT2D eigenvalue weighted by atomic mass is 10.3. The lowest BCUT2D eigenvalue weighted by molar-refractivity contribution is 0.0785. The Morgan fingerprint density at radius 1 is 1.35 bits per heavy atom. The summed E-state index contributed by atoms with van der Waals surface area (Å²) in [4.78, 5) is 14.0. The van der Waals surface area contributed by atoms with Crippen LogP contribution in [0.25, 0.3) is 5.69 Å². The van der Waals surface area contributed by atoms with Crippen LogP contribution in [0, 0.1) is 0 Å². The van der Waals surface area contributed by atoms with Crippen molar-refractivity contribution >= 4 is 21.8 Å². The van der Waals surface area contributed by atoms with Crippen LogP contribution in [0.3, 0.4) is 0 Å². The van der Waals surface area contributed by atoms with E-state index in [2.05, 4.69) is 26.2 Å². The molecule has 1 amide bonds. The maximum atomic E-state index is 12.2. The molecular weight excluding hydrogens is 322 g/mol. The highest BCUT2D eigenvalue weighted by atomic mass is 79.9. The van der Waals surface area contributed by atoms with E-state index in [0.717, 1.165) is 16.6 Å². The molecule has 2 aromatic rings. The summed E-state index contributed by atoms with van der Waals surface area (Å²) in [5.74, 6) is -0.110. The Hall–Kier alpha value is -1.73. The number of amides is 1. The van der Waals surface area contributed by atoms with Gasteiger partial charge >= 0.3 is 0 Å². The largest absolute Gasteiger partial charge is 0.336 e. The monoisotopic (exact) mass is 335 g/mol. The molecule has 1 atom stereocenters. The smallest absolute Gasteiger partial charge is 0.276 e. The molecule has 104 valence electrons. The van der Waals surface area contributed by atoms with Gasteiger partial charge in [-0.3, -0.25) is 4.79 Å². The van der Waals surface area contributed by atoms with Crippen LogP contribution in [0.15, 0.2) is 34.9 Å². The number of aromatic nitrogens is 3. The number of carbonyl (C=O) groups excluding carboxylic acids is 1. The predicted octanol–water partition coefficient (Wildman–Crippen LogP) is 1.20. The molecule has 6 nitrogen and oxygen atoms in total. The Morgan fingerprint density at radius 3 is 2.75 bits per heavy atom. The summed E-state index contributed by atoms with van der Waals surface area (Å²) in [7, 11) is 0. The molecule has 0 radical (unpaired) electrons. The first-order valence-electron chi connectivity index (χ1n) is 6.36. The SMILES string of the molecule is NC1CCN(C(=O)c2cn(-c3ccc(Br)cc3)nn2)C1. The fourth-order valence-electron chi connectivity index (χ4n) is 2.22. The molecule has 1 aliphatic heterocycles. The van der Waals surface area contributed by atoms with Crippen molar-refractivity contribution in [3.63, 3.8) is 0 Å². The molecule has 1 saturated heterocycles. The second-order valence-electron chi connectivity index (χ2n) is 4.82. The van der Waals surface area contributed by atoms with Crippen molar-refractivity contribution < 1.29 is 4.79 Å². The number of carbonyl (C=O) groups is 1. The van der Waals surface area contributed by atoms with Crippen molar-refractivity contribution in [2.75, 3.05) is 13.1 Å². The van der Waals surface area contributed by atoms with Crippen LogP contribution in [-0.2, 0) is 0 Å². The van der Waals surface area contributed by atoms with E-state index in [1.54, 1.807) is 15.8 Å². The van der Waals surface area contributed by atoms with Crippen molar-refractivity contribution in [3.05, 3.63) is 40.6 Å². The zero-order valence-corrected chi connectivity index (χ0v) is 12.3. The van der Waals surface area contributed by atoms with E-state index in [1.807, 2.05) is 24.3 Å². The fourth-order valence-corrected chi connectivity index (χ4v) is 2.48. The molecule has 0 bridgehead atoms. The van der Waals surface area contributed by atoms with Crippen molar-refractivity contribution in [1.82, 2.24) is 19.9 Å². The third kappa shape index (κ3) is 2.59. The van der Waals surface area contributed by atoms with Crippen LogP contribution in [0.4, 0.5) is 0 Å². The van der Waals surface area contributed by atoms with Crippen LogP contribution >= 0.6 is 15.9 Å². The molecule has 0 spiro atoms. The molecule has 1 aromatic heterocycles. The van der Waals surface area contributed by atoms with E-state index in [-0.39, 0.29) is 11.9 Å². The Balaban J connectivity index is 1.79. The first-order chi connectivity index (χ1) is 9.63. The predicted molar refractivity (Wildman–Crippen MR) is 77.6 cm³/mol. The first-order valence-corrected chi connectivity index (χ1v) is 7.16. The standard InChI is InChI=1S/C13H14BrN5O/c14-9-1-3-11(4-2-9)19-8-12(16-17-19)13(20)18-6-5-10(15)7-18/h1-4,8,10H,5-7,15H2. The van der Waals surface area contributed by atoms with Crippen molar-refractivity contribution in [1.29, 1.82) is 0 Å². The van der Waals surface area contributed by atoms with Crippen LogP contribution in [0.2, 0.25) is 0 Å². The molecule has 2 heterocycles. The molecule has 1 fully saturated rings. The highest BCUT2D eigenvalue weighted by molar-refractivity contribution is 9.10. The molecule has 1 aliphatic rings. The summed E-state index contributed by atoms with van der Waals surface area (Å²) in [6, 6.07) is 7.70. The van der Waals surface area contributed by atoms with Crippen LogP contribution in [0.5, 0.6) is 0 Å². The van der Waals surface area contributed by atoms with Crippen LogP contribution < -0.4 is 5.73 Å². The highest BCUT2D eigenvalue weighted by Crippen LogP contribution is 2.15. The number of hydrogen-bond acceptors (Lipinski definition) is 4.